The molecule has 0 amide bonds. The average molecular weight is 226 g/mol. The van der Waals surface area contributed by atoms with Crippen LogP contribution in [0, 0.1) is 0 Å². The van der Waals surface area contributed by atoms with Gasteiger partial charge in [-0.1, -0.05) is 26.2 Å². The highest BCUT2D eigenvalue weighted by molar-refractivity contribution is 5.34. The minimum atomic E-state index is -0.248. The molecular weight excluding hydrogens is 204 g/mol. The number of hydrogen-bond donors (Lipinski definition) is 0. The summed E-state index contributed by atoms with van der Waals surface area (Å²) in [5, 5.41) is 0. The molecule has 4 nitrogen and oxygen atoms in total. The van der Waals surface area contributed by atoms with Crippen LogP contribution >= 0.6 is 0 Å². The van der Waals surface area contributed by atoms with E-state index < -0.39 is 0 Å². The molecule has 0 aliphatic rings. The quantitative estimate of drug-likeness (QED) is 0.411. The van der Waals surface area contributed by atoms with Crippen LogP contribution in [-0.4, -0.2) is 24.2 Å². The number of rotatable bonds is 5. The normalized spacial score (nSPS) is 9.25. The first-order chi connectivity index (χ1) is 7.47. The van der Waals surface area contributed by atoms with Gasteiger partial charge in [0.15, 0.2) is 0 Å². The van der Waals surface area contributed by atoms with E-state index >= 15 is 0 Å². The van der Waals surface area contributed by atoms with E-state index in [4.69, 9.17) is 0 Å². The topological polar surface area (TPSA) is 58.9 Å². The van der Waals surface area contributed by atoms with Gasteiger partial charge in [0.25, 0.3) is 0 Å². The van der Waals surface area contributed by atoms with Gasteiger partial charge in [-0.15, -0.1) is 0 Å². The molecule has 0 heterocycles. The van der Waals surface area contributed by atoms with Crippen molar-refractivity contribution in [2.24, 2.45) is 9.98 Å². The van der Waals surface area contributed by atoms with E-state index in [0.29, 0.717) is 6.54 Å². The predicted molar refractivity (Wildman–Crippen MR) is 65.0 cm³/mol. The van der Waals surface area contributed by atoms with Crippen LogP contribution in [0.3, 0.4) is 0 Å². The number of hydrogen-bond acceptors (Lipinski definition) is 4. The van der Waals surface area contributed by atoms with E-state index in [1.807, 2.05) is 20.8 Å². The summed E-state index contributed by atoms with van der Waals surface area (Å²) >= 11 is 0. The van der Waals surface area contributed by atoms with Crippen LogP contribution in [-0.2, 0) is 9.59 Å². The van der Waals surface area contributed by atoms with Crippen LogP contribution in [0.2, 0.25) is 0 Å². The summed E-state index contributed by atoms with van der Waals surface area (Å²) in [5.41, 5.74) is -0.248. The molecule has 0 rings (SSSR count). The summed E-state index contributed by atoms with van der Waals surface area (Å²) in [4.78, 5) is 26.0. The first kappa shape index (κ1) is 17.2. The Hall–Kier alpha value is -1.24. The molecule has 0 aliphatic carbocycles. The molecule has 0 saturated heterocycles. The van der Waals surface area contributed by atoms with E-state index in [2.05, 4.69) is 16.9 Å². The Kier molecular flexibility index (Phi) is 12.7. The predicted octanol–water partition coefficient (Wildman–Crippen LogP) is 3.02. The summed E-state index contributed by atoms with van der Waals surface area (Å²) in [7, 11) is 0. The van der Waals surface area contributed by atoms with Gasteiger partial charge in [0.1, 0.15) is 0 Å². The van der Waals surface area contributed by atoms with Crippen molar-refractivity contribution >= 4 is 12.2 Å². The summed E-state index contributed by atoms with van der Waals surface area (Å²) in [6, 6.07) is 0. The second-order valence-corrected chi connectivity index (χ2v) is 4.41. The Balaban J connectivity index is 0. The highest BCUT2D eigenvalue weighted by Gasteiger charge is 2.04. The van der Waals surface area contributed by atoms with Crippen molar-refractivity contribution in [1.82, 2.24) is 0 Å². The van der Waals surface area contributed by atoms with E-state index in [0.717, 1.165) is 6.42 Å². The van der Waals surface area contributed by atoms with Gasteiger partial charge < -0.3 is 0 Å². The molecule has 16 heavy (non-hydrogen) atoms. The summed E-state index contributed by atoms with van der Waals surface area (Å²) in [5.74, 6) is 0. The Morgan fingerprint density at radius 2 is 1.62 bits per heavy atom. The summed E-state index contributed by atoms with van der Waals surface area (Å²) in [6.45, 7) is 8.35. The van der Waals surface area contributed by atoms with Gasteiger partial charge in [0.2, 0.25) is 12.2 Å². The Labute approximate surface area is 97.9 Å². The lowest BCUT2D eigenvalue weighted by atomic mass is 10.1. The van der Waals surface area contributed by atoms with Crippen LogP contribution in [0.1, 0.15) is 53.4 Å². The third kappa shape index (κ3) is 23.0. The first-order valence-corrected chi connectivity index (χ1v) is 5.60. The fraction of sp³-hybridized carbons (Fsp3) is 0.833. The van der Waals surface area contributed by atoms with Crippen molar-refractivity contribution in [3.8, 4) is 0 Å². The molecule has 0 aromatic carbocycles. The molecule has 0 fully saturated rings. The maximum Gasteiger partial charge on any atom is 0.235 e. The largest absolute Gasteiger partial charge is 0.235 e. The van der Waals surface area contributed by atoms with E-state index in [9.17, 15) is 9.59 Å². The monoisotopic (exact) mass is 226 g/mol. The van der Waals surface area contributed by atoms with Gasteiger partial charge in [-0.2, -0.15) is 0 Å². The number of nitrogens with zero attached hydrogens (tertiary/aromatic N) is 2. The summed E-state index contributed by atoms with van der Waals surface area (Å²) in [6.07, 6.45) is 7.69. The molecule has 0 spiro atoms. The average Bonchev–Trinajstić information content (AvgIpc) is 2.17. The second-order valence-electron chi connectivity index (χ2n) is 4.41. The molecule has 0 aliphatic heterocycles. The lowest BCUT2D eigenvalue weighted by Gasteiger charge is -2.05. The van der Waals surface area contributed by atoms with Crippen molar-refractivity contribution in [2.45, 2.75) is 58.9 Å². The SMILES string of the molecule is CC(C)(C)N=C=O.CCCCCCN=C=O. The van der Waals surface area contributed by atoms with Crippen molar-refractivity contribution in [3.05, 3.63) is 0 Å². The molecule has 0 aromatic rings. The Bertz CT molecular complexity index is 244. The van der Waals surface area contributed by atoms with Gasteiger partial charge in [0.05, 0.1) is 12.1 Å². The van der Waals surface area contributed by atoms with Crippen molar-refractivity contribution < 1.29 is 9.59 Å². The molecule has 0 N–H and O–H groups in total. The van der Waals surface area contributed by atoms with Crippen LogP contribution in [0.25, 0.3) is 0 Å². The van der Waals surface area contributed by atoms with E-state index in [-0.39, 0.29) is 5.54 Å². The fourth-order valence-electron chi connectivity index (χ4n) is 0.800. The summed E-state index contributed by atoms with van der Waals surface area (Å²) < 4.78 is 0. The molecule has 92 valence electrons. The Morgan fingerprint density at radius 1 is 1.00 bits per heavy atom. The van der Waals surface area contributed by atoms with Gasteiger partial charge in [-0.25, -0.2) is 19.6 Å². The zero-order chi connectivity index (χ0) is 12.9. The molecule has 0 radical (unpaired) electrons. The van der Waals surface area contributed by atoms with Crippen LogP contribution < -0.4 is 0 Å². The lowest BCUT2D eigenvalue weighted by Crippen LogP contribution is -2.07. The smallest absolute Gasteiger partial charge is 0.211 e. The number of aliphatic imine (C=N–C) groups is 2. The third-order valence-corrected chi connectivity index (χ3v) is 1.57. The van der Waals surface area contributed by atoms with Crippen molar-refractivity contribution in [3.63, 3.8) is 0 Å². The highest BCUT2D eigenvalue weighted by Crippen LogP contribution is 2.02. The van der Waals surface area contributed by atoms with Gasteiger partial charge >= 0.3 is 0 Å². The molecule has 0 atom stereocenters. The molecular formula is C12H22N2O2. The number of isocyanates is 2. The second kappa shape index (κ2) is 11.8. The maximum atomic E-state index is 9.55. The van der Waals surface area contributed by atoms with Gasteiger partial charge in [-0.05, 0) is 27.2 Å². The molecule has 4 heteroatoms. The first-order valence-electron chi connectivity index (χ1n) is 5.60. The lowest BCUT2D eigenvalue weighted by molar-refractivity contribution is 0.535. The van der Waals surface area contributed by atoms with Crippen LogP contribution in [0.15, 0.2) is 9.98 Å². The minimum absolute atomic E-state index is 0.248. The van der Waals surface area contributed by atoms with Crippen molar-refractivity contribution in [1.29, 1.82) is 0 Å². The standard InChI is InChI=1S/C7H13NO.C5H9NO/c1-2-3-4-5-6-8-7-9;1-5(2,3)6-4-7/h2-6H2,1H3;1-3H3. The van der Waals surface area contributed by atoms with Crippen molar-refractivity contribution in [2.75, 3.05) is 6.54 Å². The molecule has 0 aromatic heterocycles. The molecule has 0 bridgehead atoms. The number of unbranched alkanes of at least 4 members (excludes halogenated alkanes) is 3. The Morgan fingerprint density at radius 3 is 1.94 bits per heavy atom. The van der Waals surface area contributed by atoms with E-state index in [1.165, 1.54) is 31.4 Å². The van der Waals surface area contributed by atoms with Crippen LogP contribution in [0.5, 0.6) is 0 Å². The highest BCUT2D eigenvalue weighted by atomic mass is 16.1. The van der Waals surface area contributed by atoms with Crippen LogP contribution in [0.4, 0.5) is 0 Å². The van der Waals surface area contributed by atoms with Gasteiger partial charge in [0, 0.05) is 0 Å². The minimum Gasteiger partial charge on any atom is -0.211 e. The van der Waals surface area contributed by atoms with Gasteiger partial charge in [-0.3, -0.25) is 0 Å². The third-order valence-electron chi connectivity index (χ3n) is 1.57. The molecule has 0 saturated carbocycles. The fourth-order valence-corrected chi connectivity index (χ4v) is 0.800. The number of carbonyl (C=O) groups excluding carboxylic acids is 2. The van der Waals surface area contributed by atoms with E-state index in [1.54, 1.807) is 0 Å². The molecule has 0 unspecified atom stereocenters. The maximum absolute atomic E-state index is 9.55. The zero-order valence-corrected chi connectivity index (χ0v) is 10.7. The zero-order valence-electron chi connectivity index (χ0n) is 10.7.